The SMILES string of the molecule is NCC(=O)O.O=C(O)c1cccnc1.O=C(O)c1cccnc1. The molecule has 122 valence electrons. The van der Waals surface area contributed by atoms with Crippen molar-refractivity contribution in [1.29, 1.82) is 0 Å². The van der Waals surface area contributed by atoms with Crippen LogP contribution in [0.1, 0.15) is 20.7 Å². The van der Waals surface area contributed by atoms with Crippen molar-refractivity contribution in [2.24, 2.45) is 5.73 Å². The number of hydrogen-bond acceptors (Lipinski definition) is 6. The zero-order chi connectivity index (χ0) is 17.7. The first kappa shape index (κ1) is 19.7. The molecule has 0 saturated heterocycles. The first-order valence-electron chi connectivity index (χ1n) is 6.07. The molecule has 9 nitrogen and oxygen atoms in total. The zero-order valence-corrected chi connectivity index (χ0v) is 11.9. The average molecular weight is 321 g/mol. The second-order valence-corrected chi connectivity index (χ2v) is 3.69. The Morgan fingerprint density at radius 3 is 1.35 bits per heavy atom. The third-order valence-electron chi connectivity index (χ3n) is 1.99. The fraction of sp³-hybridized carbons (Fsp3) is 0.0714. The molecule has 0 bridgehead atoms. The van der Waals surface area contributed by atoms with Gasteiger partial charge in [-0.15, -0.1) is 0 Å². The third-order valence-corrected chi connectivity index (χ3v) is 1.99. The minimum atomic E-state index is -0.968. The lowest BCUT2D eigenvalue weighted by Gasteiger charge is -1.87. The van der Waals surface area contributed by atoms with Crippen LogP contribution >= 0.6 is 0 Å². The molecule has 0 saturated carbocycles. The van der Waals surface area contributed by atoms with Crippen LogP contribution in [0.2, 0.25) is 0 Å². The van der Waals surface area contributed by atoms with Crippen molar-refractivity contribution < 1.29 is 29.7 Å². The number of aliphatic carboxylic acids is 1. The molecule has 0 aliphatic rings. The van der Waals surface area contributed by atoms with E-state index in [1.807, 2.05) is 0 Å². The van der Waals surface area contributed by atoms with Gasteiger partial charge in [0.05, 0.1) is 17.7 Å². The normalized spacial score (nSPS) is 8.57. The quantitative estimate of drug-likeness (QED) is 0.633. The van der Waals surface area contributed by atoms with Crippen molar-refractivity contribution in [3.05, 3.63) is 60.2 Å². The maximum absolute atomic E-state index is 10.2. The zero-order valence-electron chi connectivity index (χ0n) is 11.9. The third kappa shape index (κ3) is 10.1. The van der Waals surface area contributed by atoms with E-state index in [-0.39, 0.29) is 17.7 Å². The van der Waals surface area contributed by atoms with Gasteiger partial charge in [0.2, 0.25) is 0 Å². The van der Waals surface area contributed by atoms with Crippen molar-refractivity contribution in [3.8, 4) is 0 Å². The van der Waals surface area contributed by atoms with Crippen LogP contribution in [0, 0.1) is 0 Å². The van der Waals surface area contributed by atoms with Gasteiger partial charge >= 0.3 is 17.9 Å². The summed E-state index contributed by atoms with van der Waals surface area (Å²) < 4.78 is 0. The van der Waals surface area contributed by atoms with Crippen LogP contribution in [0.25, 0.3) is 0 Å². The summed E-state index contributed by atoms with van der Waals surface area (Å²) in [6.07, 6.45) is 5.68. The van der Waals surface area contributed by atoms with E-state index in [1.54, 1.807) is 12.1 Å². The monoisotopic (exact) mass is 321 g/mol. The van der Waals surface area contributed by atoms with Gasteiger partial charge in [0.1, 0.15) is 0 Å². The predicted octanol–water partition coefficient (Wildman–Crippen LogP) is 0.589. The molecule has 0 amide bonds. The summed E-state index contributed by atoms with van der Waals surface area (Å²) in [5.74, 6) is -2.85. The van der Waals surface area contributed by atoms with E-state index < -0.39 is 17.9 Å². The minimum Gasteiger partial charge on any atom is -0.480 e. The number of rotatable bonds is 3. The molecule has 9 heteroatoms. The van der Waals surface area contributed by atoms with Crippen molar-refractivity contribution in [2.75, 3.05) is 6.54 Å². The Morgan fingerprint density at radius 1 is 0.870 bits per heavy atom. The summed E-state index contributed by atoms with van der Waals surface area (Å²) in [5, 5.41) is 24.3. The van der Waals surface area contributed by atoms with E-state index >= 15 is 0 Å². The number of carbonyl (C=O) groups is 3. The smallest absolute Gasteiger partial charge is 0.337 e. The van der Waals surface area contributed by atoms with Gasteiger partial charge in [-0.3, -0.25) is 14.8 Å². The van der Waals surface area contributed by atoms with Gasteiger partial charge in [-0.25, -0.2) is 9.59 Å². The van der Waals surface area contributed by atoms with Crippen LogP contribution in [0.3, 0.4) is 0 Å². The number of carboxylic acids is 3. The lowest BCUT2D eigenvalue weighted by molar-refractivity contribution is -0.135. The first-order chi connectivity index (χ1) is 10.9. The molecule has 5 N–H and O–H groups in total. The van der Waals surface area contributed by atoms with Gasteiger partial charge in [0.25, 0.3) is 0 Å². The maximum atomic E-state index is 10.2. The van der Waals surface area contributed by atoms with Crippen molar-refractivity contribution >= 4 is 17.9 Å². The van der Waals surface area contributed by atoms with E-state index in [0.717, 1.165) is 0 Å². The van der Waals surface area contributed by atoms with E-state index in [1.165, 1.54) is 36.9 Å². The first-order valence-corrected chi connectivity index (χ1v) is 6.07. The molecule has 23 heavy (non-hydrogen) atoms. The fourth-order valence-corrected chi connectivity index (χ4v) is 0.979. The minimum absolute atomic E-state index is 0.220. The molecular weight excluding hydrogens is 306 g/mol. The highest BCUT2D eigenvalue weighted by atomic mass is 16.4. The Labute approximate surface area is 131 Å². The molecule has 0 radical (unpaired) electrons. The highest BCUT2D eigenvalue weighted by Crippen LogP contribution is 1.93. The molecule has 0 atom stereocenters. The van der Waals surface area contributed by atoms with Gasteiger partial charge in [-0.1, -0.05) is 0 Å². The van der Waals surface area contributed by atoms with E-state index in [9.17, 15) is 14.4 Å². The van der Waals surface area contributed by atoms with E-state index in [2.05, 4.69) is 15.7 Å². The van der Waals surface area contributed by atoms with Crippen LogP contribution in [0.15, 0.2) is 49.1 Å². The second kappa shape index (κ2) is 11.3. The number of hydrogen-bond donors (Lipinski definition) is 4. The number of nitrogens with zero attached hydrogens (tertiary/aromatic N) is 2. The highest BCUT2D eigenvalue weighted by Gasteiger charge is 1.98. The Balaban J connectivity index is 0.000000332. The van der Waals surface area contributed by atoms with Gasteiger partial charge < -0.3 is 21.1 Å². The standard InChI is InChI=1S/2C6H5NO2.C2H5NO2/c2*8-6(9)5-2-1-3-7-4-5;3-1-2(4)5/h2*1-4H,(H,8,9);1,3H2,(H,4,5). The summed E-state index contributed by atoms with van der Waals surface area (Å²) in [6.45, 7) is -0.278. The Morgan fingerprint density at radius 2 is 1.22 bits per heavy atom. The summed E-state index contributed by atoms with van der Waals surface area (Å²) in [7, 11) is 0. The topological polar surface area (TPSA) is 164 Å². The van der Waals surface area contributed by atoms with E-state index in [0.29, 0.717) is 0 Å². The van der Waals surface area contributed by atoms with Gasteiger partial charge in [-0.05, 0) is 24.3 Å². The molecule has 2 aromatic rings. The second-order valence-electron chi connectivity index (χ2n) is 3.69. The molecule has 0 aliphatic carbocycles. The molecular formula is C14H15N3O6. The number of carboxylic acid groups (broad SMARTS) is 3. The summed E-state index contributed by atoms with van der Waals surface area (Å²) >= 11 is 0. The predicted molar refractivity (Wildman–Crippen MR) is 79.1 cm³/mol. The Kier molecular flexibility index (Phi) is 9.70. The number of pyridine rings is 2. The fourth-order valence-electron chi connectivity index (χ4n) is 0.979. The average Bonchev–Trinajstić information content (AvgIpc) is 2.57. The van der Waals surface area contributed by atoms with Crippen LogP contribution in [-0.2, 0) is 4.79 Å². The molecule has 0 aliphatic heterocycles. The lowest BCUT2D eigenvalue weighted by atomic mass is 10.3. The van der Waals surface area contributed by atoms with Gasteiger partial charge in [0, 0.05) is 24.8 Å². The lowest BCUT2D eigenvalue weighted by Crippen LogP contribution is -2.10. The Bertz CT molecular complexity index is 569. The number of nitrogens with two attached hydrogens (primary N) is 1. The molecule has 0 fully saturated rings. The van der Waals surface area contributed by atoms with Gasteiger partial charge in [-0.2, -0.15) is 0 Å². The van der Waals surface area contributed by atoms with Crippen LogP contribution in [0.5, 0.6) is 0 Å². The van der Waals surface area contributed by atoms with Crippen molar-refractivity contribution in [3.63, 3.8) is 0 Å². The molecule has 2 aromatic heterocycles. The van der Waals surface area contributed by atoms with Crippen LogP contribution < -0.4 is 5.73 Å². The van der Waals surface area contributed by atoms with Crippen LogP contribution in [-0.4, -0.2) is 49.7 Å². The van der Waals surface area contributed by atoms with Gasteiger partial charge in [0.15, 0.2) is 0 Å². The van der Waals surface area contributed by atoms with Crippen molar-refractivity contribution in [1.82, 2.24) is 9.97 Å². The molecule has 2 rings (SSSR count). The molecule has 2 heterocycles. The Hall–Kier alpha value is -3.33. The molecule has 0 unspecified atom stereocenters. The maximum Gasteiger partial charge on any atom is 0.337 e. The highest BCUT2D eigenvalue weighted by molar-refractivity contribution is 5.87. The van der Waals surface area contributed by atoms with Crippen LogP contribution in [0.4, 0.5) is 0 Å². The van der Waals surface area contributed by atoms with Crippen molar-refractivity contribution in [2.45, 2.75) is 0 Å². The summed E-state index contributed by atoms with van der Waals surface area (Å²) in [5.41, 5.74) is 5.01. The number of aromatic nitrogens is 2. The van der Waals surface area contributed by atoms with E-state index in [4.69, 9.17) is 15.3 Å². The summed E-state index contributed by atoms with van der Waals surface area (Å²) in [6, 6.07) is 6.16. The molecule has 0 spiro atoms. The summed E-state index contributed by atoms with van der Waals surface area (Å²) in [4.78, 5) is 36.8. The largest absolute Gasteiger partial charge is 0.480 e. The number of aromatic carboxylic acids is 2. The molecule has 0 aromatic carbocycles.